The van der Waals surface area contributed by atoms with Crippen molar-refractivity contribution in [1.29, 1.82) is 5.26 Å². The molecule has 1 aromatic rings. The molecule has 1 aliphatic heterocycles. The van der Waals surface area contributed by atoms with Crippen LogP contribution >= 0.6 is 11.8 Å². The van der Waals surface area contributed by atoms with Gasteiger partial charge in [0.1, 0.15) is 11.8 Å². The highest BCUT2D eigenvalue weighted by Crippen LogP contribution is 2.22. The van der Waals surface area contributed by atoms with Crippen molar-refractivity contribution < 1.29 is 0 Å². The van der Waals surface area contributed by atoms with E-state index in [2.05, 4.69) is 34.6 Å². The Labute approximate surface area is 107 Å². The van der Waals surface area contributed by atoms with E-state index < -0.39 is 0 Å². The van der Waals surface area contributed by atoms with Crippen LogP contribution in [-0.4, -0.2) is 34.0 Å². The van der Waals surface area contributed by atoms with Gasteiger partial charge in [0.2, 0.25) is 0 Å². The van der Waals surface area contributed by atoms with Crippen molar-refractivity contribution in [3.63, 3.8) is 0 Å². The van der Waals surface area contributed by atoms with E-state index in [0.717, 1.165) is 30.4 Å². The molecule has 3 nitrogen and oxygen atoms in total. The third kappa shape index (κ3) is 3.21. The Morgan fingerprint density at radius 1 is 1.65 bits per heavy atom. The molecule has 0 amide bonds. The van der Waals surface area contributed by atoms with E-state index in [1.54, 1.807) is 6.20 Å². The second-order valence-electron chi connectivity index (χ2n) is 4.26. The average Bonchev–Trinajstić information content (AvgIpc) is 2.39. The molecule has 1 aliphatic rings. The second kappa shape index (κ2) is 6.04. The first-order chi connectivity index (χ1) is 8.33. The molecule has 0 N–H and O–H groups in total. The number of aromatic nitrogens is 1. The largest absolute Gasteiger partial charge is 0.297 e. The molecule has 0 aliphatic carbocycles. The van der Waals surface area contributed by atoms with Crippen LogP contribution in [0, 0.1) is 11.3 Å². The van der Waals surface area contributed by atoms with E-state index in [4.69, 9.17) is 5.26 Å². The van der Waals surface area contributed by atoms with Gasteiger partial charge in [-0.15, -0.1) is 0 Å². The summed E-state index contributed by atoms with van der Waals surface area (Å²) in [6, 6.07) is 6.08. The topological polar surface area (TPSA) is 39.9 Å². The molecule has 90 valence electrons. The van der Waals surface area contributed by atoms with Crippen molar-refractivity contribution in [3.05, 3.63) is 29.6 Å². The Balaban J connectivity index is 2.03. The molecule has 2 rings (SSSR count). The number of rotatable bonds is 3. The number of nitrogens with zero attached hydrogens (tertiary/aromatic N) is 3. The monoisotopic (exact) mass is 247 g/mol. The molecule has 1 atom stereocenters. The van der Waals surface area contributed by atoms with Gasteiger partial charge in [-0.05, 0) is 12.5 Å². The minimum absolute atomic E-state index is 0.568. The van der Waals surface area contributed by atoms with Gasteiger partial charge in [0, 0.05) is 42.4 Å². The number of thioether (sulfide) groups is 1. The summed E-state index contributed by atoms with van der Waals surface area (Å²) in [5.74, 6) is 1.20. The standard InChI is InChI=1S/C13H17N3S/c1-2-12-10-16(6-7-17-12)9-11-4-3-5-15-13(11)8-14/h3-5,12H,2,6-7,9-10H2,1H3. The molecular formula is C13H17N3S. The summed E-state index contributed by atoms with van der Waals surface area (Å²) >= 11 is 2.07. The van der Waals surface area contributed by atoms with Gasteiger partial charge < -0.3 is 0 Å². The molecule has 1 aromatic heterocycles. The number of hydrogen-bond donors (Lipinski definition) is 0. The van der Waals surface area contributed by atoms with E-state index in [9.17, 15) is 0 Å². The summed E-state index contributed by atoms with van der Waals surface area (Å²) in [5, 5.41) is 9.75. The minimum Gasteiger partial charge on any atom is -0.297 e. The van der Waals surface area contributed by atoms with Gasteiger partial charge in [-0.25, -0.2) is 4.98 Å². The first-order valence-electron chi connectivity index (χ1n) is 6.01. The molecule has 17 heavy (non-hydrogen) atoms. The van der Waals surface area contributed by atoms with Crippen LogP contribution in [-0.2, 0) is 6.54 Å². The zero-order chi connectivity index (χ0) is 12.1. The lowest BCUT2D eigenvalue weighted by Gasteiger charge is -2.31. The van der Waals surface area contributed by atoms with Crippen LogP contribution in [0.15, 0.2) is 18.3 Å². The maximum absolute atomic E-state index is 9.01. The molecule has 4 heteroatoms. The predicted octanol–water partition coefficient (Wildman–Crippen LogP) is 2.28. The molecular weight excluding hydrogens is 230 g/mol. The molecule has 0 radical (unpaired) electrons. The van der Waals surface area contributed by atoms with Crippen molar-refractivity contribution in [3.8, 4) is 6.07 Å². The molecule has 1 saturated heterocycles. The average molecular weight is 247 g/mol. The molecule has 1 fully saturated rings. The first kappa shape index (κ1) is 12.4. The van der Waals surface area contributed by atoms with E-state index in [1.807, 2.05) is 12.1 Å². The van der Waals surface area contributed by atoms with Crippen LogP contribution in [0.25, 0.3) is 0 Å². The van der Waals surface area contributed by atoms with Crippen molar-refractivity contribution in [2.24, 2.45) is 0 Å². The predicted molar refractivity (Wildman–Crippen MR) is 70.8 cm³/mol. The van der Waals surface area contributed by atoms with Gasteiger partial charge in [-0.2, -0.15) is 17.0 Å². The van der Waals surface area contributed by atoms with Gasteiger partial charge in [0.25, 0.3) is 0 Å². The van der Waals surface area contributed by atoms with Crippen molar-refractivity contribution in [2.45, 2.75) is 25.1 Å². The fraction of sp³-hybridized carbons (Fsp3) is 0.538. The molecule has 0 aromatic carbocycles. The summed E-state index contributed by atoms with van der Waals surface area (Å²) in [6.45, 7) is 5.33. The van der Waals surface area contributed by atoms with E-state index in [-0.39, 0.29) is 0 Å². The highest BCUT2D eigenvalue weighted by Gasteiger charge is 2.19. The molecule has 0 saturated carbocycles. The summed E-state index contributed by atoms with van der Waals surface area (Å²) in [7, 11) is 0. The Morgan fingerprint density at radius 3 is 3.29 bits per heavy atom. The summed E-state index contributed by atoms with van der Waals surface area (Å²) in [5.41, 5.74) is 1.62. The van der Waals surface area contributed by atoms with Crippen molar-refractivity contribution >= 4 is 11.8 Å². The fourth-order valence-corrected chi connectivity index (χ4v) is 3.33. The number of nitriles is 1. The van der Waals surface area contributed by atoms with Gasteiger partial charge >= 0.3 is 0 Å². The first-order valence-corrected chi connectivity index (χ1v) is 7.06. The third-order valence-electron chi connectivity index (χ3n) is 3.07. The van der Waals surface area contributed by atoms with Gasteiger partial charge in [-0.1, -0.05) is 13.0 Å². The lowest BCUT2D eigenvalue weighted by atomic mass is 10.2. The van der Waals surface area contributed by atoms with Crippen LogP contribution in [0.5, 0.6) is 0 Å². The molecule has 2 heterocycles. The SMILES string of the molecule is CCC1CN(Cc2cccnc2C#N)CCS1. The van der Waals surface area contributed by atoms with E-state index >= 15 is 0 Å². The Hall–Kier alpha value is -1.05. The van der Waals surface area contributed by atoms with Crippen LogP contribution < -0.4 is 0 Å². The minimum atomic E-state index is 0.568. The van der Waals surface area contributed by atoms with E-state index in [1.165, 1.54) is 12.2 Å². The fourth-order valence-electron chi connectivity index (χ4n) is 2.08. The van der Waals surface area contributed by atoms with Gasteiger partial charge in [-0.3, -0.25) is 4.90 Å². The summed E-state index contributed by atoms with van der Waals surface area (Å²) < 4.78 is 0. The summed E-state index contributed by atoms with van der Waals surface area (Å²) in [6.07, 6.45) is 2.91. The zero-order valence-corrected chi connectivity index (χ0v) is 10.9. The maximum atomic E-state index is 9.01. The van der Waals surface area contributed by atoms with E-state index in [0.29, 0.717) is 5.69 Å². The molecule has 1 unspecified atom stereocenters. The maximum Gasteiger partial charge on any atom is 0.144 e. The second-order valence-corrected chi connectivity index (χ2v) is 5.67. The molecule has 0 bridgehead atoms. The highest BCUT2D eigenvalue weighted by atomic mass is 32.2. The number of hydrogen-bond acceptors (Lipinski definition) is 4. The Kier molecular flexibility index (Phi) is 4.41. The highest BCUT2D eigenvalue weighted by molar-refractivity contribution is 8.00. The lowest BCUT2D eigenvalue weighted by Crippen LogP contribution is -2.37. The van der Waals surface area contributed by atoms with Crippen LogP contribution in [0.4, 0.5) is 0 Å². The Morgan fingerprint density at radius 2 is 2.53 bits per heavy atom. The normalized spacial score (nSPS) is 21.1. The van der Waals surface area contributed by atoms with Crippen molar-refractivity contribution in [1.82, 2.24) is 9.88 Å². The summed E-state index contributed by atoms with van der Waals surface area (Å²) in [4.78, 5) is 6.54. The van der Waals surface area contributed by atoms with Crippen LogP contribution in [0.2, 0.25) is 0 Å². The Bertz CT molecular complexity index is 413. The zero-order valence-electron chi connectivity index (χ0n) is 10.1. The van der Waals surface area contributed by atoms with Gasteiger partial charge in [0.15, 0.2) is 0 Å². The lowest BCUT2D eigenvalue weighted by molar-refractivity contribution is 0.272. The quantitative estimate of drug-likeness (QED) is 0.821. The van der Waals surface area contributed by atoms with Crippen molar-refractivity contribution in [2.75, 3.05) is 18.8 Å². The van der Waals surface area contributed by atoms with Crippen LogP contribution in [0.1, 0.15) is 24.6 Å². The number of pyridine rings is 1. The smallest absolute Gasteiger partial charge is 0.144 e. The van der Waals surface area contributed by atoms with Gasteiger partial charge in [0.05, 0.1) is 0 Å². The third-order valence-corrected chi connectivity index (χ3v) is 4.44. The van der Waals surface area contributed by atoms with Crippen LogP contribution in [0.3, 0.4) is 0 Å². The molecule has 0 spiro atoms.